The Labute approximate surface area is 111 Å². The zero-order valence-corrected chi connectivity index (χ0v) is 10.8. The molecule has 1 unspecified atom stereocenters. The number of carboxylic acids is 1. The Balaban J connectivity index is 2.13. The number of fused-ring (bicyclic) bond motifs is 1. The molecule has 0 saturated carbocycles. The summed E-state index contributed by atoms with van der Waals surface area (Å²) < 4.78 is 0. The molecular formula is C15H16N2O2. The minimum atomic E-state index is -0.904. The molecule has 3 rings (SSSR count). The summed E-state index contributed by atoms with van der Waals surface area (Å²) in [6.45, 7) is 3.24. The van der Waals surface area contributed by atoms with Crippen LogP contribution in [0.15, 0.2) is 30.5 Å². The van der Waals surface area contributed by atoms with Gasteiger partial charge in [-0.2, -0.15) is 0 Å². The molecule has 2 aromatic rings. The Bertz CT molecular complexity index is 639. The van der Waals surface area contributed by atoms with Gasteiger partial charge in [-0.1, -0.05) is 0 Å². The molecule has 2 heterocycles. The van der Waals surface area contributed by atoms with Crippen LogP contribution in [0.1, 0.15) is 30.1 Å². The summed E-state index contributed by atoms with van der Waals surface area (Å²) in [5, 5.41) is 9.96. The van der Waals surface area contributed by atoms with Crippen molar-refractivity contribution in [1.29, 1.82) is 0 Å². The number of carbonyl (C=O) groups is 1. The highest BCUT2D eigenvalue weighted by atomic mass is 16.4. The third-order valence-corrected chi connectivity index (χ3v) is 3.84. The van der Waals surface area contributed by atoms with Crippen molar-refractivity contribution in [2.45, 2.75) is 25.8 Å². The van der Waals surface area contributed by atoms with E-state index in [4.69, 9.17) is 0 Å². The first-order chi connectivity index (χ1) is 9.16. The molecule has 4 heteroatoms. The van der Waals surface area contributed by atoms with Crippen molar-refractivity contribution < 1.29 is 9.90 Å². The van der Waals surface area contributed by atoms with Crippen LogP contribution in [-0.4, -0.2) is 28.6 Å². The molecule has 1 atom stereocenters. The van der Waals surface area contributed by atoms with Gasteiger partial charge < -0.3 is 10.0 Å². The molecule has 1 aromatic heterocycles. The van der Waals surface area contributed by atoms with Gasteiger partial charge >= 0.3 is 5.97 Å². The summed E-state index contributed by atoms with van der Waals surface area (Å²) in [5.74, 6) is -0.904. The Morgan fingerprint density at radius 1 is 1.42 bits per heavy atom. The lowest BCUT2D eigenvalue weighted by molar-refractivity contribution is 0.0699. The van der Waals surface area contributed by atoms with Gasteiger partial charge in [0.15, 0.2) is 0 Å². The Kier molecular flexibility index (Phi) is 2.85. The van der Waals surface area contributed by atoms with Crippen molar-refractivity contribution >= 4 is 22.6 Å². The fraction of sp³-hybridized carbons (Fsp3) is 0.333. The first-order valence-electron chi connectivity index (χ1n) is 6.55. The van der Waals surface area contributed by atoms with Crippen LogP contribution in [0.4, 0.5) is 5.69 Å². The number of carboxylic acid groups (broad SMARTS) is 1. The molecule has 1 aromatic carbocycles. The molecule has 0 amide bonds. The molecule has 0 aliphatic carbocycles. The van der Waals surface area contributed by atoms with E-state index >= 15 is 0 Å². The van der Waals surface area contributed by atoms with E-state index in [1.165, 1.54) is 12.8 Å². The standard InChI is InChI=1S/C15H16N2O2/c1-10-3-2-8-17(10)11-4-5-14-13(9-11)12(15(18)19)6-7-16-14/h4-7,9-10H,2-3,8H2,1H3,(H,18,19). The number of aromatic nitrogens is 1. The lowest BCUT2D eigenvalue weighted by atomic mass is 10.1. The molecular weight excluding hydrogens is 240 g/mol. The third-order valence-electron chi connectivity index (χ3n) is 3.84. The topological polar surface area (TPSA) is 53.4 Å². The first kappa shape index (κ1) is 12.0. The van der Waals surface area contributed by atoms with Crippen LogP contribution in [0, 0.1) is 0 Å². The molecule has 0 spiro atoms. The van der Waals surface area contributed by atoms with Crippen molar-refractivity contribution in [3.8, 4) is 0 Å². The largest absolute Gasteiger partial charge is 0.478 e. The zero-order chi connectivity index (χ0) is 13.4. The number of pyridine rings is 1. The van der Waals surface area contributed by atoms with Crippen LogP contribution < -0.4 is 4.90 Å². The van der Waals surface area contributed by atoms with E-state index < -0.39 is 5.97 Å². The molecule has 0 radical (unpaired) electrons. The monoisotopic (exact) mass is 256 g/mol. The smallest absolute Gasteiger partial charge is 0.336 e. The van der Waals surface area contributed by atoms with E-state index in [2.05, 4.69) is 16.8 Å². The van der Waals surface area contributed by atoms with Crippen LogP contribution in [0.5, 0.6) is 0 Å². The van der Waals surface area contributed by atoms with E-state index in [9.17, 15) is 9.90 Å². The number of anilines is 1. The number of rotatable bonds is 2. The molecule has 4 nitrogen and oxygen atoms in total. The van der Waals surface area contributed by atoms with Crippen molar-refractivity contribution in [2.75, 3.05) is 11.4 Å². The maximum Gasteiger partial charge on any atom is 0.336 e. The van der Waals surface area contributed by atoms with Crippen LogP contribution in [-0.2, 0) is 0 Å². The average molecular weight is 256 g/mol. The van der Waals surface area contributed by atoms with Gasteiger partial charge in [0.25, 0.3) is 0 Å². The minimum Gasteiger partial charge on any atom is -0.478 e. The quantitative estimate of drug-likeness (QED) is 0.897. The van der Waals surface area contributed by atoms with Crippen LogP contribution in [0.2, 0.25) is 0 Å². The average Bonchev–Trinajstić information content (AvgIpc) is 2.83. The Hall–Kier alpha value is -2.10. The predicted octanol–water partition coefficient (Wildman–Crippen LogP) is 2.92. The number of hydrogen-bond donors (Lipinski definition) is 1. The number of hydrogen-bond acceptors (Lipinski definition) is 3. The van der Waals surface area contributed by atoms with Crippen LogP contribution in [0.3, 0.4) is 0 Å². The predicted molar refractivity (Wildman–Crippen MR) is 74.7 cm³/mol. The van der Waals surface area contributed by atoms with E-state index in [-0.39, 0.29) is 0 Å². The Morgan fingerprint density at radius 3 is 2.95 bits per heavy atom. The number of benzene rings is 1. The minimum absolute atomic E-state index is 0.318. The van der Waals surface area contributed by atoms with E-state index in [1.807, 2.05) is 18.2 Å². The SMILES string of the molecule is CC1CCCN1c1ccc2nccc(C(=O)O)c2c1. The highest BCUT2D eigenvalue weighted by molar-refractivity contribution is 6.03. The van der Waals surface area contributed by atoms with Gasteiger partial charge in [-0.3, -0.25) is 4.98 Å². The fourth-order valence-electron chi connectivity index (χ4n) is 2.82. The number of nitrogens with zero attached hydrogens (tertiary/aromatic N) is 2. The first-order valence-corrected chi connectivity index (χ1v) is 6.55. The summed E-state index contributed by atoms with van der Waals surface area (Å²) in [7, 11) is 0. The molecule has 98 valence electrons. The van der Waals surface area contributed by atoms with E-state index in [0.29, 0.717) is 17.0 Å². The van der Waals surface area contributed by atoms with Crippen molar-refractivity contribution in [3.05, 3.63) is 36.0 Å². The molecule has 1 aliphatic heterocycles. The highest BCUT2D eigenvalue weighted by Crippen LogP contribution is 2.29. The summed E-state index contributed by atoms with van der Waals surface area (Å²) in [6.07, 6.45) is 3.93. The molecule has 1 N–H and O–H groups in total. The lowest BCUT2D eigenvalue weighted by Crippen LogP contribution is -2.26. The van der Waals surface area contributed by atoms with Gasteiger partial charge in [-0.05, 0) is 44.0 Å². The summed E-state index contributed by atoms with van der Waals surface area (Å²) >= 11 is 0. The number of aromatic carboxylic acids is 1. The van der Waals surface area contributed by atoms with Crippen molar-refractivity contribution in [2.24, 2.45) is 0 Å². The molecule has 1 saturated heterocycles. The second-order valence-corrected chi connectivity index (χ2v) is 5.05. The van der Waals surface area contributed by atoms with Crippen LogP contribution >= 0.6 is 0 Å². The van der Waals surface area contributed by atoms with Gasteiger partial charge in [0.05, 0.1) is 11.1 Å². The van der Waals surface area contributed by atoms with Gasteiger partial charge in [0.2, 0.25) is 0 Å². The summed E-state index contributed by atoms with van der Waals surface area (Å²) in [5.41, 5.74) is 2.14. The molecule has 1 fully saturated rings. The van der Waals surface area contributed by atoms with E-state index in [1.54, 1.807) is 12.3 Å². The Morgan fingerprint density at radius 2 is 2.26 bits per heavy atom. The van der Waals surface area contributed by atoms with Gasteiger partial charge in [-0.15, -0.1) is 0 Å². The highest BCUT2D eigenvalue weighted by Gasteiger charge is 2.21. The molecule has 0 bridgehead atoms. The van der Waals surface area contributed by atoms with Crippen molar-refractivity contribution in [3.63, 3.8) is 0 Å². The van der Waals surface area contributed by atoms with Gasteiger partial charge in [0.1, 0.15) is 0 Å². The maximum atomic E-state index is 11.3. The third kappa shape index (κ3) is 2.03. The maximum absolute atomic E-state index is 11.3. The second kappa shape index (κ2) is 4.53. The van der Waals surface area contributed by atoms with Crippen LogP contribution in [0.25, 0.3) is 10.9 Å². The van der Waals surface area contributed by atoms with Gasteiger partial charge in [0, 0.05) is 29.9 Å². The summed E-state index contributed by atoms with van der Waals surface area (Å²) in [6, 6.07) is 7.96. The second-order valence-electron chi connectivity index (χ2n) is 5.05. The van der Waals surface area contributed by atoms with Gasteiger partial charge in [-0.25, -0.2) is 4.79 Å². The van der Waals surface area contributed by atoms with E-state index in [0.717, 1.165) is 17.7 Å². The van der Waals surface area contributed by atoms with Crippen molar-refractivity contribution in [1.82, 2.24) is 4.98 Å². The fourth-order valence-corrected chi connectivity index (χ4v) is 2.82. The molecule has 1 aliphatic rings. The summed E-state index contributed by atoms with van der Waals surface area (Å²) in [4.78, 5) is 17.8. The zero-order valence-electron chi connectivity index (χ0n) is 10.8. The lowest BCUT2D eigenvalue weighted by Gasteiger charge is -2.24. The molecule has 19 heavy (non-hydrogen) atoms. The normalized spacial score (nSPS) is 19.0.